The van der Waals surface area contributed by atoms with Crippen LogP contribution < -0.4 is 5.32 Å². The fraction of sp³-hybridized carbons (Fsp3) is 0.321. The van der Waals surface area contributed by atoms with Crippen LogP contribution in [0.5, 0.6) is 0 Å². The van der Waals surface area contributed by atoms with Crippen LogP contribution in [0.2, 0.25) is 0 Å². The molecule has 0 aliphatic carbocycles. The van der Waals surface area contributed by atoms with Crippen molar-refractivity contribution in [2.45, 2.75) is 46.6 Å². The van der Waals surface area contributed by atoms with E-state index in [0.717, 1.165) is 36.0 Å². The Morgan fingerprint density at radius 3 is 2.47 bits per heavy atom. The molecule has 0 fully saturated rings. The molecule has 2 aromatic carbocycles. The van der Waals surface area contributed by atoms with Crippen molar-refractivity contribution in [3.63, 3.8) is 0 Å². The molecular weight excluding hydrogens is 517 g/mol. The summed E-state index contributed by atoms with van der Waals surface area (Å²) in [6, 6.07) is 6.59. The Morgan fingerprint density at radius 2 is 1.87 bits per heavy atom. The molecule has 3 aromatic rings. The third-order valence-corrected chi connectivity index (χ3v) is 6.56. The normalized spacial score (nSPS) is 12.6. The van der Waals surface area contributed by atoms with E-state index in [1.807, 2.05) is 6.92 Å². The third-order valence-electron chi connectivity index (χ3n) is 5.80. The van der Waals surface area contributed by atoms with Crippen LogP contribution >= 0.6 is 11.3 Å². The summed E-state index contributed by atoms with van der Waals surface area (Å²) < 4.78 is 50.2. The molecule has 1 unspecified atom stereocenters. The van der Waals surface area contributed by atoms with E-state index in [4.69, 9.17) is 9.84 Å². The number of benzene rings is 2. The molecule has 1 amide bonds. The maximum atomic E-state index is 15.5. The third kappa shape index (κ3) is 7.08. The van der Waals surface area contributed by atoms with Gasteiger partial charge in [0.2, 0.25) is 0 Å². The summed E-state index contributed by atoms with van der Waals surface area (Å²) in [6.07, 6.45) is 1.90. The van der Waals surface area contributed by atoms with Crippen LogP contribution in [0.15, 0.2) is 41.3 Å². The maximum Gasteiger partial charge on any atom is 0.331 e. The fourth-order valence-electron chi connectivity index (χ4n) is 3.63. The number of carbonyl (C=O) groups excluding carboxylic acids is 1. The van der Waals surface area contributed by atoms with Crippen LogP contribution in [-0.4, -0.2) is 28.6 Å². The van der Waals surface area contributed by atoms with Gasteiger partial charge in [-0.25, -0.2) is 22.9 Å². The molecule has 2 N–H and O–H groups in total. The van der Waals surface area contributed by atoms with Gasteiger partial charge < -0.3 is 9.84 Å². The summed E-state index contributed by atoms with van der Waals surface area (Å²) in [5.41, 5.74) is -0.188. The summed E-state index contributed by atoms with van der Waals surface area (Å²) in [6.45, 7) is 7.82. The predicted octanol–water partition coefficient (Wildman–Crippen LogP) is 7.48. The molecule has 3 rings (SSSR count). The summed E-state index contributed by atoms with van der Waals surface area (Å²) >= 11 is 1.03. The van der Waals surface area contributed by atoms with Crippen LogP contribution in [0.1, 0.15) is 68.1 Å². The number of nitrogens with zero attached hydrogens (tertiary/aromatic N) is 1. The van der Waals surface area contributed by atoms with Crippen molar-refractivity contribution in [1.29, 1.82) is 0 Å². The fourth-order valence-corrected chi connectivity index (χ4v) is 4.33. The number of hydrogen-bond donors (Lipinski definition) is 2. The molecule has 10 heteroatoms. The molecule has 0 aliphatic heterocycles. The second kappa shape index (κ2) is 12.8. The lowest BCUT2D eigenvalue weighted by atomic mass is 10.0. The van der Waals surface area contributed by atoms with Gasteiger partial charge in [-0.15, -0.1) is 11.3 Å². The minimum Gasteiger partial charge on any atom is -0.478 e. The van der Waals surface area contributed by atoms with Crippen LogP contribution in [0.25, 0.3) is 17.3 Å². The zero-order chi connectivity index (χ0) is 28.0. The average Bonchev–Trinajstić information content (AvgIpc) is 3.32. The first-order valence-electron chi connectivity index (χ1n) is 12.1. The molecule has 1 aromatic heterocycles. The van der Waals surface area contributed by atoms with Gasteiger partial charge in [0.05, 0.1) is 11.8 Å². The van der Waals surface area contributed by atoms with Crippen LogP contribution in [0.3, 0.4) is 0 Å². The lowest BCUT2D eigenvalue weighted by molar-refractivity contribution is -0.132. The Labute approximate surface area is 223 Å². The zero-order valence-electron chi connectivity index (χ0n) is 21.5. The lowest BCUT2D eigenvalue weighted by Crippen LogP contribution is -2.13. The van der Waals surface area contributed by atoms with Crippen LogP contribution in [0, 0.1) is 23.4 Å². The molecule has 202 valence electrons. The topological polar surface area (TPSA) is 88.5 Å². The van der Waals surface area contributed by atoms with Crippen molar-refractivity contribution in [1.82, 2.24) is 4.98 Å². The smallest absolute Gasteiger partial charge is 0.331 e. The van der Waals surface area contributed by atoms with Gasteiger partial charge in [-0.1, -0.05) is 32.9 Å². The highest BCUT2D eigenvalue weighted by molar-refractivity contribution is 7.14. The van der Waals surface area contributed by atoms with Crippen molar-refractivity contribution >= 4 is 34.4 Å². The summed E-state index contributed by atoms with van der Waals surface area (Å²) in [7, 11) is 0. The molecule has 0 saturated heterocycles. The predicted molar refractivity (Wildman–Crippen MR) is 142 cm³/mol. The van der Waals surface area contributed by atoms with Gasteiger partial charge in [0.25, 0.3) is 5.91 Å². The lowest BCUT2D eigenvalue weighted by Gasteiger charge is -2.19. The van der Waals surface area contributed by atoms with Crippen molar-refractivity contribution in [2.75, 3.05) is 11.9 Å². The monoisotopic (exact) mass is 546 g/mol. The van der Waals surface area contributed by atoms with E-state index in [1.54, 1.807) is 23.6 Å². The highest BCUT2D eigenvalue weighted by atomic mass is 32.1. The van der Waals surface area contributed by atoms with E-state index < -0.39 is 41.0 Å². The second-order valence-electron chi connectivity index (χ2n) is 9.14. The number of carbonyl (C=O) groups is 2. The number of halogens is 3. The number of aliphatic carboxylic acids is 1. The van der Waals surface area contributed by atoms with Gasteiger partial charge >= 0.3 is 5.97 Å². The number of rotatable bonds is 11. The minimum absolute atomic E-state index is 0.113. The van der Waals surface area contributed by atoms with Gasteiger partial charge in [0.1, 0.15) is 17.5 Å². The Morgan fingerprint density at radius 1 is 1.18 bits per heavy atom. The van der Waals surface area contributed by atoms with E-state index in [1.165, 1.54) is 6.92 Å². The number of carboxylic acids is 1. The van der Waals surface area contributed by atoms with Crippen molar-refractivity contribution < 1.29 is 32.6 Å². The largest absolute Gasteiger partial charge is 0.478 e. The molecule has 1 heterocycles. The number of hydrogen-bond acceptors (Lipinski definition) is 5. The zero-order valence-corrected chi connectivity index (χ0v) is 22.3. The number of ether oxygens (including phenoxy) is 1. The molecule has 6 nitrogen and oxygen atoms in total. The maximum absolute atomic E-state index is 15.5. The van der Waals surface area contributed by atoms with Gasteiger partial charge in [0.15, 0.2) is 5.13 Å². The Balaban J connectivity index is 1.79. The molecule has 0 aliphatic rings. The molecule has 0 bridgehead atoms. The quantitative estimate of drug-likeness (QED) is 0.243. The molecular formula is C28H29F3N2O4S. The number of nitrogens with one attached hydrogen (secondary N) is 1. The van der Waals surface area contributed by atoms with E-state index in [0.29, 0.717) is 30.2 Å². The van der Waals surface area contributed by atoms with Gasteiger partial charge in [-0.2, -0.15) is 0 Å². The number of anilines is 1. The molecule has 0 saturated carbocycles. The Hall–Kier alpha value is -3.50. The molecule has 38 heavy (non-hydrogen) atoms. The van der Waals surface area contributed by atoms with Crippen molar-refractivity contribution in [2.24, 2.45) is 5.92 Å². The summed E-state index contributed by atoms with van der Waals surface area (Å²) in [5, 5.41) is 13.1. The number of carboxylic acid groups (broad SMARTS) is 1. The van der Waals surface area contributed by atoms with E-state index in [9.17, 15) is 18.4 Å². The summed E-state index contributed by atoms with van der Waals surface area (Å²) in [5.74, 6) is -4.32. The van der Waals surface area contributed by atoms with E-state index in [2.05, 4.69) is 24.1 Å². The first-order chi connectivity index (χ1) is 18.0. The summed E-state index contributed by atoms with van der Waals surface area (Å²) in [4.78, 5) is 27.9. The van der Waals surface area contributed by atoms with Gasteiger partial charge in [-0.3, -0.25) is 10.1 Å². The van der Waals surface area contributed by atoms with E-state index in [-0.39, 0.29) is 21.8 Å². The SMILES string of the molecule is CCC(OCCC(C)C)c1cccc(-c2csc(NC(=O)c3cc(F)c(C=C(C)C(=O)O)c(F)c3)n2)c1F. The molecule has 0 spiro atoms. The van der Waals surface area contributed by atoms with Crippen molar-refractivity contribution in [3.8, 4) is 11.3 Å². The number of aromatic nitrogens is 1. The highest BCUT2D eigenvalue weighted by Crippen LogP contribution is 2.33. The number of amides is 1. The first-order valence-corrected chi connectivity index (χ1v) is 13.0. The molecule has 0 radical (unpaired) electrons. The van der Waals surface area contributed by atoms with Gasteiger partial charge in [0, 0.05) is 39.8 Å². The van der Waals surface area contributed by atoms with E-state index >= 15 is 4.39 Å². The Kier molecular flexibility index (Phi) is 9.82. The van der Waals surface area contributed by atoms with Crippen LogP contribution in [0.4, 0.5) is 18.3 Å². The minimum atomic E-state index is -1.32. The molecule has 1 atom stereocenters. The number of thiazole rings is 1. The van der Waals surface area contributed by atoms with Crippen molar-refractivity contribution in [3.05, 3.63) is 75.4 Å². The van der Waals surface area contributed by atoms with Crippen LogP contribution in [-0.2, 0) is 9.53 Å². The standard InChI is InChI=1S/C28H29F3N2O4S/c1-5-24(37-10-9-15(2)3)19-8-6-7-18(25(19)31)23-14-38-28(32-23)33-26(34)17-12-21(29)20(22(30)13-17)11-16(4)27(35)36/h6-8,11-15,24H,5,9-10H2,1-4H3,(H,35,36)(H,32,33,34). The van der Waals surface area contributed by atoms with Gasteiger partial charge in [-0.05, 0) is 50.0 Å². The first kappa shape index (κ1) is 29.1. The second-order valence-corrected chi connectivity index (χ2v) is 10.00. The average molecular weight is 547 g/mol. The Bertz CT molecular complexity index is 1330. The highest BCUT2D eigenvalue weighted by Gasteiger charge is 2.21.